The van der Waals surface area contributed by atoms with Gasteiger partial charge in [-0.2, -0.15) is 0 Å². The zero-order valence-electron chi connectivity index (χ0n) is 23.7. The molecule has 2 amide bonds. The molecule has 3 aromatic rings. The van der Waals surface area contributed by atoms with E-state index in [0.717, 1.165) is 26.3 Å². The summed E-state index contributed by atoms with van der Waals surface area (Å²) < 4.78 is 35.4. The van der Waals surface area contributed by atoms with Crippen molar-refractivity contribution >= 4 is 55.1 Å². The average Bonchev–Trinajstić information content (AvgIpc) is 2.95. The standard InChI is InChI=1S/C30H35BrClN3O5S/c1-6-21(3)33-30(37)22(4)34(18-23-9-11-24(31)12-10-23)29(36)19-35(27-17-25(32)13-16-28(27)40-5)41(38,39)26-14-7-20(2)8-15-26/h7-17,21-22H,6,18-19H2,1-5H3,(H,33,37)/t21-,22-/m1/s1. The molecule has 3 rings (SSSR count). The van der Waals surface area contributed by atoms with Gasteiger partial charge >= 0.3 is 0 Å². The molecule has 0 saturated heterocycles. The minimum atomic E-state index is -4.26. The van der Waals surface area contributed by atoms with Crippen molar-refractivity contribution in [2.75, 3.05) is 18.0 Å². The number of hydrogen-bond donors (Lipinski definition) is 1. The minimum absolute atomic E-state index is 0.0000461. The maximum absolute atomic E-state index is 14.1. The molecular formula is C30H35BrClN3O5S. The van der Waals surface area contributed by atoms with Crippen molar-refractivity contribution in [2.24, 2.45) is 0 Å². The maximum atomic E-state index is 14.1. The van der Waals surface area contributed by atoms with Crippen molar-refractivity contribution in [1.82, 2.24) is 10.2 Å². The third-order valence-corrected chi connectivity index (χ3v) is 9.27. The number of amides is 2. The van der Waals surface area contributed by atoms with E-state index in [2.05, 4.69) is 21.2 Å². The summed E-state index contributed by atoms with van der Waals surface area (Å²) in [5, 5.41) is 3.19. The first-order chi connectivity index (χ1) is 19.4. The molecule has 0 aliphatic heterocycles. The summed E-state index contributed by atoms with van der Waals surface area (Å²) in [7, 11) is -2.85. The van der Waals surface area contributed by atoms with Gasteiger partial charge in [-0.15, -0.1) is 0 Å². The number of carbonyl (C=O) groups excluding carboxylic acids is 2. The topological polar surface area (TPSA) is 96.0 Å². The zero-order chi connectivity index (χ0) is 30.3. The lowest BCUT2D eigenvalue weighted by Gasteiger charge is -2.33. The Balaban J connectivity index is 2.09. The maximum Gasteiger partial charge on any atom is 0.264 e. The monoisotopic (exact) mass is 663 g/mol. The van der Waals surface area contributed by atoms with Gasteiger partial charge in [0.25, 0.3) is 10.0 Å². The van der Waals surface area contributed by atoms with Crippen LogP contribution in [-0.2, 0) is 26.2 Å². The van der Waals surface area contributed by atoms with Gasteiger partial charge in [-0.05, 0) is 75.2 Å². The van der Waals surface area contributed by atoms with E-state index in [1.54, 1.807) is 31.2 Å². The van der Waals surface area contributed by atoms with Crippen molar-refractivity contribution in [2.45, 2.75) is 57.6 Å². The average molecular weight is 665 g/mol. The van der Waals surface area contributed by atoms with Gasteiger partial charge < -0.3 is 15.0 Å². The molecule has 0 radical (unpaired) electrons. The molecule has 0 saturated carbocycles. The summed E-state index contributed by atoms with van der Waals surface area (Å²) in [6, 6.07) is 17.3. The lowest BCUT2D eigenvalue weighted by molar-refractivity contribution is -0.139. The molecule has 0 unspecified atom stereocenters. The molecule has 220 valence electrons. The van der Waals surface area contributed by atoms with Crippen LogP contribution >= 0.6 is 27.5 Å². The molecule has 0 aliphatic carbocycles. The van der Waals surface area contributed by atoms with E-state index in [4.69, 9.17) is 16.3 Å². The number of aryl methyl sites for hydroxylation is 1. The highest BCUT2D eigenvalue weighted by Gasteiger charge is 2.34. The van der Waals surface area contributed by atoms with E-state index in [-0.39, 0.29) is 39.8 Å². The first-order valence-electron chi connectivity index (χ1n) is 13.1. The molecule has 0 heterocycles. The molecule has 0 spiro atoms. The Bertz CT molecular complexity index is 1470. The Kier molecular flexibility index (Phi) is 11.2. The molecule has 0 aliphatic rings. The lowest BCUT2D eigenvalue weighted by atomic mass is 10.1. The van der Waals surface area contributed by atoms with Crippen molar-refractivity contribution < 1.29 is 22.7 Å². The highest BCUT2D eigenvalue weighted by Crippen LogP contribution is 2.35. The smallest absolute Gasteiger partial charge is 0.264 e. The number of anilines is 1. The Morgan fingerprint density at radius 2 is 1.66 bits per heavy atom. The number of rotatable bonds is 12. The second-order valence-corrected chi connectivity index (χ2v) is 13.0. The molecule has 2 atom stereocenters. The number of halogens is 2. The third kappa shape index (κ3) is 8.24. The number of nitrogens with zero attached hydrogens (tertiary/aromatic N) is 2. The summed E-state index contributed by atoms with van der Waals surface area (Å²) in [4.78, 5) is 28.6. The minimum Gasteiger partial charge on any atom is -0.495 e. The second-order valence-electron chi connectivity index (χ2n) is 9.78. The summed E-state index contributed by atoms with van der Waals surface area (Å²) in [5.41, 5.74) is 1.76. The fraction of sp³-hybridized carbons (Fsp3) is 0.333. The van der Waals surface area contributed by atoms with Crippen LogP contribution in [0.15, 0.2) is 76.1 Å². The van der Waals surface area contributed by atoms with Gasteiger partial charge in [0.05, 0.1) is 17.7 Å². The predicted molar refractivity (Wildman–Crippen MR) is 166 cm³/mol. The quantitative estimate of drug-likeness (QED) is 0.258. The molecule has 41 heavy (non-hydrogen) atoms. The van der Waals surface area contributed by atoms with E-state index in [9.17, 15) is 18.0 Å². The Labute approximate surface area is 255 Å². The fourth-order valence-electron chi connectivity index (χ4n) is 4.04. The molecule has 1 N–H and O–H groups in total. The van der Waals surface area contributed by atoms with Crippen LogP contribution in [0.3, 0.4) is 0 Å². The van der Waals surface area contributed by atoms with Crippen molar-refractivity contribution in [3.63, 3.8) is 0 Å². The molecular weight excluding hydrogens is 630 g/mol. The van der Waals surface area contributed by atoms with Crippen molar-refractivity contribution in [3.05, 3.63) is 87.4 Å². The number of hydrogen-bond acceptors (Lipinski definition) is 5. The predicted octanol–water partition coefficient (Wildman–Crippen LogP) is 5.95. The van der Waals surface area contributed by atoms with Gasteiger partial charge in [0.15, 0.2) is 0 Å². The van der Waals surface area contributed by atoms with E-state index in [0.29, 0.717) is 0 Å². The SMILES string of the molecule is CC[C@@H](C)NC(=O)[C@@H](C)N(Cc1ccc(Br)cc1)C(=O)CN(c1cc(Cl)ccc1OC)S(=O)(=O)c1ccc(C)cc1. The molecule has 0 bridgehead atoms. The van der Waals surface area contributed by atoms with E-state index >= 15 is 0 Å². The molecule has 0 fully saturated rings. The van der Waals surface area contributed by atoms with Gasteiger partial charge in [-0.3, -0.25) is 13.9 Å². The third-order valence-electron chi connectivity index (χ3n) is 6.73. The molecule has 3 aromatic carbocycles. The first kappa shape index (κ1) is 32.4. The first-order valence-corrected chi connectivity index (χ1v) is 15.8. The van der Waals surface area contributed by atoms with Crippen molar-refractivity contribution in [3.8, 4) is 5.75 Å². The number of sulfonamides is 1. The highest BCUT2D eigenvalue weighted by atomic mass is 79.9. The van der Waals surface area contributed by atoms with Crippen LogP contribution in [-0.4, -0.2) is 50.9 Å². The lowest BCUT2D eigenvalue weighted by Crippen LogP contribution is -2.52. The summed E-state index contributed by atoms with van der Waals surface area (Å²) in [6.45, 7) is 6.81. The number of methoxy groups -OCH3 is 1. The Morgan fingerprint density at radius 1 is 1.02 bits per heavy atom. The summed E-state index contributed by atoms with van der Waals surface area (Å²) >= 11 is 9.69. The largest absolute Gasteiger partial charge is 0.495 e. The van der Waals surface area contributed by atoms with Gasteiger partial charge in [0, 0.05) is 22.1 Å². The number of carbonyl (C=O) groups is 2. The van der Waals surface area contributed by atoms with Crippen LogP contribution in [0.5, 0.6) is 5.75 Å². The number of nitrogens with one attached hydrogen (secondary N) is 1. The number of benzene rings is 3. The van der Waals surface area contributed by atoms with E-state index < -0.39 is 28.5 Å². The zero-order valence-corrected chi connectivity index (χ0v) is 26.9. The van der Waals surface area contributed by atoms with E-state index in [1.807, 2.05) is 45.0 Å². The molecule has 11 heteroatoms. The fourth-order valence-corrected chi connectivity index (χ4v) is 5.89. The molecule has 8 nitrogen and oxygen atoms in total. The highest BCUT2D eigenvalue weighted by molar-refractivity contribution is 9.10. The van der Waals surface area contributed by atoms with Crippen LogP contribution in [0.1, 0.15) is 38.3 Å². The van der Waals surface area contributed by atoms with Crippen LogP contribution in [0, 0.1) is 6.92 Å². The Morgan fingerprint density at radius 3 is 2.24 bits per heavy atom. The van der Waals surface area contributed by atoms with E-state index in [1.165, 1.54) is 30.2 Å². The van der Waals surface area contributed by atoms with Crippen LogP contribution in [0.25, 0.3) is 0 Å². The van der Waals surface area contributed by atoms with Gasteiger partial charge in [0.2, 0.25) is 11.8 Å². The summed E-state index contributed by atoms with van der Waals surface area (Å²) in [6.07, 6.45) is 0.719. The van der Waals surface area contributed by atoms with Crippen LogP contribution in [0.4, 0.5) is 5.69 Å². The summed E-state index contributed by atoms with van der Waals surface area (Å²) in [5.74, 6) is -0.685. The molecule has 0 aromatic heterocycles. The van der Waals surface area contributed by atoms with Gasteiger partial charge in [-0.25, -0.2) is 8.42 Å². The second kappa shape index (κ2) is 14.2. The number of ether oxygens (including phenoxy) is 1. The van der Waals surface area contributed by atoms with Gasteiger partial charge in [-0.1, -0.05) is 64.3 Å². The Hall–Kier alpha value is -3.08. The van der Waals surface area contributed by atoms with Crippen molar-refractivity contribution in [1.29, 1.82) is 0 Å². The normalized spacial score (nSPS) is 12.8. The van der Waals surface area contributed by atoms with Crippen LogP contribution < -0.4 is 14.4 Å². The van der Waals surface area contributed by atoms with Gasteiger partial charge in [0.1, 0.15) is 18.3 Å². The van der Waals surface area contributed by atoms with Crippen LogP contribution in [0.2, 0.25) is 5.02 Å².